The molecule has 0 bridgehead atoms. The minimum atomic E-state index is 0.872. The number of rotatable bonds is 2. The monoisotopic (exact) mass is 548 g/mol. The Bertz CT molecular complexity index is 2580. The van der Waals surface area contributed by atoms with Crippen molar-refractivity contribution in [1.82, 2.24) is 9.13 Å². The van der Waals surface area contributed by atoms with Crippen molar-refractivity contribution in [1.29, 1.82) is 0 Å². The van der Waals surface area contributed by atoms with Gasteiger partial charge in [-0.15, -0.1) is 0 Å². The summed E-state index contributed by atoms with van der Waals surface area (Å²) in [6.45, 7) is 0. The predicted molar refractivity (Wildman–Crippen MR) is 178 cm³/mol. The van der Waals surface area contributed by atoms with Crippen molar-refractivity contribution in [3.8, 4) is 34.0 Å². The molecule has 10 rings (SSSR count). The first-order valence-electron chi connectivity index (χ1n) is 14.7. The molecule has 9 aromatic rings. The fourth-order valence-electron chi connectivity index (χ4n) is 7.22. The van der Waals surface area contributed by atoms with Gasteiger partial charge in [0.05, 0.1) is 27.8 Å². The Hall–Kier alpha value is -5.80. The summed E-state index contributed by atoms with van der Waals surface area (Å²) in [6, 6.07) is 52.3. The highest BCUT2D eigenvalue weighted by Gasteiger charge is 2.24. The second-order valence-corrected chi connectivity index (χ2v) is 11.4. The van der Waals surface area contributed by atoms with Gasteiger partial charge in [-0.1, -0.05) is 97.1 Å². The lowest BCUT2D eigenvalue weighted by Gasteiger charge is -2.21. The van der Waals surface area contributed by atoms with Gasteiger partial charge in [0.25, 0.3) is 0 Å². The van der Waals surface area contributed by atoms with E-state index in [0.717, 1.165) is 39.5 Å². The van der Waals surface area contributed by atoms with Gasteiger partial charge in [0.2, 0.25) is 0 Å². The molecule has 0 N–H and O–H groups in total. The molecular formula is C40H24N2O. The molecule has 1 aliphatic heterocycles. The summed E-state index contributed by atoms with van der Waals surface area (Å²) >= 11 is 0. The molecule has 3 heterocycles. The Morgan fingerprint density at radius 3 is 1.98 bits per heavy atom. The average Bonchev–Trinajstić information content (AvgIpc) is 3.59. The lowest BCUT2D eigenvalue weighted by atomic mass is 10.0. The van der Waals surface area contributed by atoms with E-state index in [1.54, 1.807) is 0 Å². The van der Waals surface area contributed by atoms with Crippen molar-refractivity contribution in [2.45, 2.75) is 0 Å². The van der Waals surface area contributed by atoms with Crippen LogP contribution in [0.3, 0.4) is 0 Å². The van der Waals surface area contributed by atoms with Gasteiger partial charge < -0.3 is 13.9 Å². The largest absolute Gasteiger partial charge is 0.453 e. The van der Waals surface area contributed by atoms with E-state index < -0.39 is 0 Å². The van der Waals surface area contributed by atoms with Crippen molar-refractivity contribution in [2.24, 2.45) is 0 Å². The Balaban J connectivity index is 1.11. The summed E-state index contributed by atoms with van der Waals surface area (Å²) in [5.74, 6) is 1.77. The maximum Gasteiger partial charge on any atom is 0.152 e. The second-order valence-electron chi connectivity index (χ2n) is 11.4. The summed E-state index contributed by atoms with van der Waals surface area (Å²) < 4.78 is 11.3. The molecule has 7 aromatic carbocycles. The number of aromatic nitrogens is 2. The SMILES string of the molecule is c1ccc2c(c1)ccc1c2c2ccccc2n1-c1ccc(-c2ccc3c(c2)Oc2cccc4c5ccccc5n-3c24)cc1. The molecule has 0 fully saturated rings. The molecule has 0 atom stereocenters. The Kier molecular flexibility index (Phi) is 4.45. The van der Waals surface area contributed by atoms with Crippen molar-refractivity contribution in [3.63, 3.8) is 0 Å². The molecular weight excluding hydrogens is 524 g/mol. The minimum Gasteiger partial charge on any atom is -0.453 e. The Morgan fingerprint density at radius 1 is 0.419 bits per heavy atom. The van der Waals surface area contributed by atoms with E-state index in [1.165, 1.54) is 48.9 Å². The van der Waals surface area contributed by atoms with Gasteiger partial charge in [0.1, 0.15) is 0 Å². The molecule has 43 heavy (non-hydrogen) atoms. The molecule has 3 heteroatoms. The van der Waals surface area contributed by atoms with E-state index in [4.69, 9.17) is 4.74 Å². The van der Waals surface area contributed by atoms with Gasteiger partial charge in [-0.2, -0.15) is 0 Å². The van der Waals surface area contributed by atoms with Gasteiger partial charge in [0.15, 0.2) is 11.5 Å². The van der Waals surface area contributed by atoms with Gasteiger partial charge >= 0.3 is 0 Å². The smallest absolute Gasteiger partial charge is 0.152 e. The van der Waals surface area contributed by atoms with E-state index in [2.05, 4.69) is 155 Å². The van der Waals surface area contributed by atoms with Crippen LogP contribution < -0.4 is 4.74 Å². The summed E-state index contributed by atoms with van der Waals surface area (Å²) in [5.41, 5.74) is 9.27. The van der Waals surface area contributed by atoms with Crippen LogP contribution in [0.25, 0.3) is 76.9 Å². The fourth-order valence-corrected chi connectivity index (χ4v) is 7.22. The third-order valence-electron chi connectivity index (χ3n) is 9.10. The average molecular weight is 549 g/mol. The maximum absolute atomic E-state index is 6.53. The lowest BCUT2D eigenvalue weighted by molar-refractivity contribution is 0.476. The molecule has 2 aromatic heterocycles. The van der Waals surface area contributed by atoms with Crippen LogP contribution in [0.5, 0.6) is 11.5 Å². The van der Waals surface area contributed by atoms with Gasteiger partial charge in [-0.3, -0.25) is 0 Å². The summed E-state index contributed by atoms with van der Waals surface area (Å²) in [5, 5.41) is 7.59. The molecule has 0 aliphatic carbocycles. The molecule has 0 saturated heterocycles. The summed E-state index contributed by atoms with van der Waals surface area (Å²) in [4.78, 5) is 0. The first kappa shape index (κ1) is 22.8. The molecule has 1 aliphatic rings. The van der Waals surface area contributed by atoms with E-state index in [0.29, 0.717) is 0 Å². The highest BCUT2D eigenvalue weighted by atomic mass is 16.5. The molecule has 0 radical (unpaired) electrons. The van der Waals surface area contributed by atoms with Crippen LogP contribution in [-0.4, -0.2) is 9.13 Å². The highest BCUT2D eigenvalue weighted by molar-refractivity contribution is 6.21. The van der Waals surface area contributed by atoms with Crippen LogP contribution in [0.1, 0.15) is 0 Å². The maximum atomic E-state index is 6.53. The quantitative estimate of drug-likeness (QED) is 0.210. The minimum absolute atomic E-state index is 0.872. The van der Waals surface area contributed by atoms with Gasteiger partial charge in [0, 0.05) is 27.2 Å². The Labute approximate surface area is 247 Å². The number of hydrogen-bond donors (Lipinski definition) is 0. The number of nitrogens with zero attached hydrogens (tertiary/aromatic N) is 2. The Morgan fingerprint density at radius 2 is 1.12 bits per heavy atom. The number of fused-ring (bicyclic) bond motifs is 10. The standard InChI is InChI=1S/C40H24N2O/c1-2-9-29-26(8-1)18-23-36-39(29)32-11-4-6-14-34(32)41(36)28-20-16-25(17-21-28)27-19-22-35-38(24-27)43-37-15-7-12-31-30-10-3-5-13-33(30)42(35)40(31)37/h1-24H. The molecule has 0 unspecified atom stereocenters. The fraction of sp³-hybridized carbons (Fsp3) is 0. The molecule has 200 valence electrons. The predicted octanol–water partition coefficient (Wildman–Crippen LogP) is 10.8. The molecule has 0 saturated carbocycles. The van der Waals surface area contributed by atoms with Crippen LogP contribution in [0.15, 0.2) is 146 Å². The van der Waals surface area contributed by atoms with E-state index >= 15 is 0 Å². The van der Waals surface area contributed by atoms with Crippen molar-refractivity contribution in [3.05, 3.63) is 146 Å². The van der Waals surface area contributed by atoms with E-state index in [9.17, 15) is 0 Å². The first-order chi connectivity index (χ1) is 21.3. The van der Waals surface area contributed by atoms with Crippen LogP contribution in [0.2, 0.25) is 0 Å². The second kappa shape index (κ2) is 8.37. The number of hydrogen-bond acceptors (Lipinski definition) is 1. The van der Waals surface area contributed by atoms with Gasteiger partial charge in [-0.25, -0.2) is 0 Å². The van der Waals surface area contributed by atoms with Gasteiger partial charge in [-0.05, 0) is 70.4 Å². The third kappa shape index (κ3) is 3.08. The van der Waals surface area contributed by atoms with E-state index in [-0.39, 0.29) is 0 Å². The summed E-state index contributed by atoms with van der Waals surface area (Å²) in [7, 11) is 0. The number of benzene rings is 7. The molecule has 0 spiro atoms. The topological polar surface area (TPSA) is 19.1 Å². The van der Waals surface area contributed by atoms with Crippen molar-refractivity contribution >= 4 is 54.4 Å². The van der Waals surface area contributed by atoms with E-state index in [1.807, 2.05) is 0 Å². The van der Waals surface area contributed by atoms with Crippen molar-refractivity contribution < 1.29 is 4.74 Å². The van der Waals surface area contributed by atoms with Crippen LogP contribution in [-0.2, 0) is 0 Å². The number of para-hydroxylation sites is 3. The lowest BCUT2D eigenvalue weighted by Crippen LogP contribution is -2.04. The van der Waals surface area contributed by atoms with Crippen LogP contribution in [0.4, 0.5) is 0 Å². The number of ether oxygens (including phenoxy) is 1. The van der Waals surface area contributed by atoms with Crippen molar-refractivity contribution in [2.75, 3.05) is 0 Å². The zero-order valence-electron chi connectivity index (χ0n) is 23.2. The van der Waals surface area contributed by atoms with Crippen LogP contribution >= 0.6 is 0 Å². The zero-order chi connectivity index (χ0) is 28.1. The summed E-state index contributed by atoms with van der Waals surface area (Å²) in [6.07, 6.45) is 0. The molecule has 0 amide bonds. The van der Waals surface area contributed by atoms with Crippen LogP contribution in [0, 0.1) is 0 Å². The highest BCUT2D eigenvalue weighted by Crippen LogP contribution is 2.46. The first-order valence-corrected chi connectivity index (χ1v) is 14.7. The normalized spacial score (nSPS) is 12.4. The zero-order valence-corrected chi connectivity index (χ0v) is 23.2. The third-order valence-corrected chi connectivity index (χ3v) is 9.10. The molecule has 3 nitrogen and oxygen atoms in total.